The van der Waals surface area contributed by atoms with Crippen molar-refractivity contribution in [2.24, 2.45) is 11.3 Å². The number of hydrogen-bond donors (Lipinski definition) is 3. The monoisotopic (exact) mass is 280 g/mol. The molecule has 4 N–H and O–H groups in total. The van der Waals surface area contributed by atoms with Gasteiger partial charge < -0.3 is 5.32 Å². The maximum atomic E-state index is 11.2. The molecule has 1 aromatic rings. The van der Waals surface area contributed by atoms with Gasteiger partial charge in [0.2, 0.25) is 11.8 Å². The number of nitrogens with two attached hydrogens (primary N) is 1. The summed E-state index contributed by atoms with van der Waals surface area (Å²) in [4.78, 5) is 18.7. The minimum atomic E-state index is -0.463. The van der Waals surface area contributed by atoms with Crippen LogP contribution >= 0.6 is 0 Å². The molecule has 0 atom stereocenters. The Labute approximate surface area is 117 Å². The number of nitrogens with zero attached hydrogens (tertiary/aromatic N) is 3. The van der Waals surface area contributed by atoms with E-state index in [1.165, 1.54) is 12.8 Å². The molecular weight excluding hydrogens is 260 g/mol. The fourth-order valence-corrected chi connectivity index (χ4v) is 2.68. The van der Waals surface area contributed by atoms with Crippen molar-refractivity contribution >= 4 is 17.5 Å². The molecule has 1 aromatic heterocycles. The molecule has 20 heavy (non-hydrogen) atoms. The largest absolute Gasteiger partial charge is 0.364 e. The van der Waals surface area contributed by atoms with E-state index in [0.29, 0.717) is 6.54 Å². The van der Waals surface area contributed by atoms with Gasteiger partial charge in [0.1, 0.15) is 5.69 Å². The molecule has 1 aliphatic carbocycles. The third-order valence-corrected chi connectivity index (χ3v) is 3.86. The van der Waals surface area contributed by atoms with Gasteiger partial charge in [0.25, 0.3) is 0 Å². The molecule has 110 valence electrons. The predicted molar refractivity (Wildman–Crippen MR) is 76.3 cm³/mol. The Hall–Kier alpha value is -1.96. The molecule has 8 nitrogen and oxygen atoms in total. The minimum absolute atomic E-state index is 0.0920. The molecule has 8 heteroatoms. The summed E-state index contributed by atoms with van der Waals surface area (Å²) >= 11 is 0. The quantitative estimate of drug-likeness (QED) is 0.428. The van der Waals surface area contributed by atoms with Gasteiger partial charge >= 0.3 is 5.69 Å². The topological polar surface area (TPSA) is 119 Å². The van der Waals surface area contributed by atoms with Gasteiger partial charge in [-0.05, 0) is 25.2 Å². The highest BCUT2D eigenvalue weighted by Gasteiger charge is 2.30. The van der Waals surface area contributed by atoms with Gasteiger partial charge in [-0.3, -0.25) is 15.5 Å². The molecule has 1 fully saturated rings. The summed E-state index contributed by atoms with van der Waals surface area (Å²) in [5, 5.41) is 14.3. The van der Waals surface area contributed by atoms with Crippen LogP contribution in [0, 0.1) is 22.5 Å². The minimum Gasteiger partial charge on any atom is -0.364 e. The number of hydrazine groups is 1. The Morgan fingerprint density at radius 1 is 1.40 bits per heavy atom. The Morgan fingerprint density at radius 2 is 2.05 bits per heavy atom. The fraction of sp³-hybridized carbons (Fsp3) is 0.667. The zero-order valence-electron chi connectivity index (χ0n) is 11.8. The number of hydrogen-bond acceptors (Lipinski definition) is 7. The van der Waals surface area contributed by atoms with E-state index in [2.05, 4.69) is 27.6 Å². The molecule has 0 aliphatic heterocycles. The highest BCUT2D eigenvalue weighted by molar-refractivity contribution is 5.60. The van der Waals surface area contributed by atoms with E-state index in [0.717, 1.165) is 12.8 Å². The van der Waals surface area contributed by atoms with Crippen LogP contribution in [0.2, 0.25) is 0 Å². The summed E-state index contributed by atoms with van der Waals surface area (Å²) in [5.41, 5.74) is 2.69. The van der Waals surface area contributed by atoms with Gasteiger partial charge in [-0.25, -0.2) is 10.8 Å². The van der Waals surface area contributed by atoms with Gasteiger partial charge in [0.05, 0.1) is 4.92 Å². The van der Waals surface area contributed by atoms with E-state index in [4.69, 9.17) is 5.84 Å². The highest BCUT2D eigenvalue weighted by atomic mass is 16.6. The third-order valence-electron chi connectivity index (χ3n) is 3.86. The van der Waals surface area contributed by atoms with Crippen molar-refractivity contribution in [2.75, 3.05) is 17.3 Å². The number of nitrogen functional groups attached to an aromatic ring is 1. The predicted octanol–water partition coefficient (Wildman–Crippen LogP) is 1.97. The van der Waals surface area contributed by atoms with Crippen LogP contribution < -0.4 is 16.6 Å². The van der Waals surface area contributed by atoms with Crippen LogP contribution in [0.3, 0.4) is 0 Å². The summed E-state index contributed by atoms with van der Waals surface area (Å²) in [7, 11) is 0. The molecule has 0 spiro atoms. The van der Waals surface area contributed by atoms with Gasteiger partial charge in [-0.15, -0.1) is 0 Å². The van der Waals surface area contributed by atoms with Crippen LogP contribution in [0.4, 0.5) is 17.5 Å². The average molecular weight is 280 g/mol. The molecule has 1 aliphatic rings. The lowest BCUT2D eigenvalue weighted by Crippen LogP contribution is -2.24. The number of aromatic nitrogens is 2. The molecule has 0 aromatic carbocycles. The Morgan fingerprint density at radius 3 is 2.60 bits per heavy atom. The summed E-state index contributed by atoms with van der Waals surface area (Å²) in [6, 6.07) is 0. The molecular formula is C12H20N6O2. The van der Waals surface area contributed by atoms with E-state index in [1.54, 1.807) is 6.92 Å². The van der Waals surface area contributed by atoms with Crippen molar-refractivity contribution in [3.63, 3.8) is 0 Å². The summed E-state index contributed by atoms with van der Waals surface area (Å²) in [6.45, 7) is 4.42. The molecule has 0 amide bonds. The van der Waals surface area contributed by atoms with Gasteiger partial charge in [-0.2, -0.15) is 4.98 Å². The standard InChI is InChI=1S/C12H20N6O2/c1-8-9(18(19)20)10(16-11(15-8)17-13)14-7-12(2)5-3-4-6-12/h3-7,13H2,1-2H3,(H2,14,15,16,17). The van der Waals surface area contributed by atoms with Crippen molar-refractivity contribution in [1.82, 2.24) is 9.97 Å². The van der Waals surface area contributed by atoms with Gasteiger partial charge in [0, 0.05) is 6.54 Å². The second-order valence-electron chi connectivity index (χ2n) is 5.60. The third kappa shape index (κ3) is 2.96. The number of aryl methyl sites for hydroxylation is 1. The molecule has 0 bridgehead atoms. The van der Waals surface area contributed by atoms with Crippen molar-refractivity contribution in [1.29, 1.82) is 0 Å². The van der Waals surface area contributed by atoms with E-state index >= 15 is 0 Å². The summed E-state index contributed by atoms with van der Waals surface area (Å²) in [6.07, 6.45) is 4.66. The zero-order valence-corrected chi connectivity index (χ0v) is 11.8. The Balaban J connectivity index is 2.24. The highest BCUT2D eigenvalue weighted by Crippen LogP contribution is 2.38. The number of nitro groups is 1. The first-order chi connectivity index (χ1) is 9.45. The fourth-order valence-electron chi connectivity index (χ4n) is 2.68. The second-order valence-corrected chi connectivity index (χ2v) is 5.60. The molecule has 0 saturated heterocycles. The van der Waals surface area contributed by atoms with Crippen LogP contribution in [-0.4, -0.2) is 21.4 Å². The molecule has 2 rings (SSSR count). The van der Waals surface area contributed by atoms with Crippen LogP contribution in [0.15, 0.2) is 0 Å². The number of nitrogens with one attached hydrogen (secondary N) is 2. The zero-order chi connectivity index (χ0) is 14.8. The van der Waals surface area contributed by atoms with E-state index in [9.17, 15) is 10.1 Å². The summed E-state index contributed by atoms with van der Waals surface area (Å²) in [5.74, 6) is 5.68. The second kappa shape index (κ2) is 5.58. The lowest BCUT2D eigenvalue weighted by Gasteiger charge is -2.24. The first-order valence-electron chi connectivity index (χ1n) is 6.69. The van der Waals surface area contributed by atoms with Crippen molar-refractivity contribution < 1.29 is 4.92 Å². The number of anilines is 2. The van der Waals surface area contributed by atoms with Gasteiger partial charge in [0.15, 0.2) is 0 Å². The van der Waals surface area contributed by atoms with Gasteiger partial charge in [-0.1, -0.05) is 19.8 Å². The van der Waals surface area contributed by atoms with E-state index in [-0.39, 0.29) is 28.6 Å². The SMILES string of the molecule is Cc1nc(NN)nc(NCC2(C)CCCC2)c1[N+](=O)[O-]. The van der Waals surface area contributed by atoms with E-state index < -0.39 is 4.92 Å². The average Bonchev–Trinajstić information content (AvgIpc) is 2.82. The van der Waals surface area contributed by atoms with Crippen molar-refractivity contribution in [3.05, 3.63) is 15.8 Å². The molecule has 1 heterocycles. The Kier molecular flexibility index (Phi) is 4.03. The summed E-state index contributed by atoms with van der Waals surface area (Å²) < 4.78 is 0. The maximum absolute atomic E-state index is 11.2. The van der Waals surface area contributed by atoms with Crippen LogP contribution in [0.25, 0.3) is 0 Å². The Bertz CT molecular complexity index is 513. The lowest BCUT2D eigenvalue weighted by molar-refractivity contribution is -0.385. The van der Waals surface area contributed by atoms with Crippen LogP contribution in [-0.2, 0) is 0 Å². The van der Waals surface area contributed by atoms with E-state index in [1.807, 2.05) is 0 Å². The first-order valence-corrected chi connectivity index (χ1v) is 6.69. The van der Waals surface area contributed by atoms with Crippen molar-refractivity contribution in [2.45, 2.75) is 39.5 Å². The van der Waals surface area contributed by atoms with Crippen LogP contribution in [0.5, 0.6) is 0 Å². The first kappa shape index (κ1) is 14.4. The van der Waals surface area contributed by atoms with Crippen LogP contribution in [0.1, 0.15) is 38.3 Å². The molecule has 0 unspecified atom stereocenters. The maximum Gasteiger partial charge on any atom is 0.332 e. The normalized spacial score (nSPS) is 16.9. The smallest absolute Gasteiger partial charge is 0.332 e. The molecule has 1 saturated carbocycles. The molecule has 0 radical (unpaired) electrons. The lowest BCUT2D eigenvalue weighted by atomic mass is 9.89. The van der Waals surface area contributed by atoms with Crippen molar-refractivity contribution in [3.8, 4) is 0 Å². The number of rotatable bonds is 5.